The molecular formula is C12H9N2-. The van der Waals surface area contributed by atoms with Gasteiger partial charge in [-0.2, -0.15) is 0 Å². The van der Waals surface area contributed by atoms with Crippen molar-refractivity contribution in [1.82, 2.24) is 0 Å². The Morgan fingerprint density at radius 2 is 1.79 bits per heavy atom. The predicted molar refractivity (Wildman–Crippen MR) is 58.4 cm³/mol. The van der Waals surface area contributed by atoms with Gasteiger partial charge in [0.25, 0.3) is 0 Å². The third kappa shape index (κ3) is 1.04. The van der Waals surface area contributed by atoms with E-state index in [0.717, 1.165) is 22.8 Å². The van der Waals surface area contributed by atoms with Crippen molar-refractivity contribution in [1.29, 1.82) is 0 Å². The van der Waals surface area contributed by atoms with Crippen LogP contribution < -0.4 is 5.32 Å². The largest absolute Gasteiger partial charge is 0.456 e. The van der Waals surface area contributed by atoms with E-state index in [1.807, 2.05) is 36.4 Å². The summed E-state index contributed by atoms with van der Waals surface area (Å²) in [6.45, 7) is 0. The van der Waals surface area contributed by atoms with Crippen molar-refractivity contribution in [2.45, 2.75) is 0 Å². The number of anilines is 1. The van der Waals surface area contributed by atoms with Gasteiger partial charge in [0.05, 0.1) is 0 Å². The normalized spacial score (nSPS) is 16.9. The van der Waals surface area contributed by atoms with Gasteiger partial charge in [-0.25, -0.2) is 0 Å². The molecule has 14 heavy (non-hydrogen) atoms. The van der Waals surface area contributed by atoms with E-state index < -0.39 is 0 Å². The highest BCUT2D eigenvalue weighted by molar-refractivity contribution is 5.84. The molecule has 0 saturated heterocycles. The fourth-order valence-corrected chi connectivity index (χ4v) is 1.62. The van der Waals surface area contributed by atoms with Crippen molar-refractivity contribution in [3.63, 3.8) is 0 Å². The van der Waals surface area contributed by atoms with E-state index in [4.69, 9.17) is 0 Å². The SMILES string of the molecule is C1=CC(=C2[N-]c3ccccc3N2)C=C1. The molecule has 1 heterocycles. The molecule has 3 rings (SSSR count). The second-order valence-electron chi connectivity index (χ2n) is 3.28. The van der Waals surface area contributed by atoms with Crippen LogP contribution in [0.15, 0.2) is 60.0 Å². The molecule has 0 saturated carbocycles. The summed E-state index contributed by atoms with van der Waals surface area (Å²) >= 11 is 0. The van der Waals surface area contributed by atoms with Gasteiger partial charge < -0.3 is 10.6 Å². The van der Waals surface area contributed by atoms with Gasteiger partial charge in [-0.05, 0) is 16.9 Å². The Morgan fingerprint density at radius 1 is 1.00 bits per heavy atom. The van der Waals surface area contributed by atoms with Gasteiger partial charge >= 0.3 is 0 Å². The van der Waals surface area contributed by atoms with E-state index in [9.17, 15) is 0 Å². The summed E-state index contributed by atoms with van der Waals surface area (Å²) in [6.07, 6.45) is 8.14. The summed E-state index contributed by atoms with van der Waals surface area (Å²) in [5.41, 5.74) is 3.24. The van der Waals surface area contributed by atoms with E-state index in [1.54, 1.807) is 0 Å². The molecule has 0 bridgehead atoms. The number of benzene rings is 1. The smallest absolute Gasteiger partial charge is 0.0267 e. The molecule has 1 aromatic carbocycles. The highest BCUT2D eigenvalue weighted by Gasteiger charge is 2.06. The molecule has 68 valence electrons. The van der Waals surface area contributed by atoms with Gasteiger partial charge in [0.2, 0.25) is 0 Å². The zero-order chi connectivity index (χ0) is 9.38. The third-order valence-electron chi connectivity index (χ3n) is 2.33. The van der Waals surface area contributed by atoms with Gasteiger partial charge in [-0.3, -0.25) is 0 Å². The van der Waals surface area contributed by atoms with Crippen molar-refractivity contribution in [3.8, 4) is 0 Å². The van der Waals surface area contributed by atoms with E-state index in [2.05, 4.69) is 22.8 Å². The number of hydrogen-bond acceptors (Lipinski definition) is 1. The number of hydrogen-bond donors (Lipinski definition) is 1. The van der Waals surface area contributed by atoms with E-state index in [0.29, 0.717) is 0 Å². The lowest BCUT2D eigenvalue weighted by Crippen LogP contribution is -1.91. The molecule has 2 nitrogen and oxygen atoms in total. The van der Waals surface area contributed by atoms with Crippen molar-refractivity contribution >= 4 is 11.4 Å². The molecule has 1 N–H and O–H groups in total. The number of nitrogens with zero attached hydrogens (tertiary/aromatic N) is 1. The average molecular weight is 181 g/mol. The molecule has 0 amide bonds. The highest BCUT2D eigenvalue weighted by atomic mass is 15.2. The van der Waals surface area contributed by atoms with Crippen LogP contribution in [0.4, 0.5) is 11.4 Å². The molecule has 1 aromatic rings. The molecule has 0 aromatic heterocycles. The maximum absolute atomic E-state index is 4.50. The van der Waals surface area contributed by atoms with Crippen LogP contribution in [-0.2, 0) is 0 Å². The molecule has 0 spiro atoms. The Hall–Kier alpha value is -1.96. The van der Waals surface area contributed by atoms with Crippen LogP contribution >= 0.6 is 0 Å². The standard InChI is InChI=1S/C12H9N2/c1-2-6-9(5-1)12-13-10-7-3-4-8-11(10)14-12/h1-8,13H/q-1. The molecule has 0 atom stereocenters. The third-order valence-corrected chi connectivity index (χ3v) is 2.33. The van der Waals surface area contributed by atoms with E-state index in [1.165, 1.54) is 0 Å². The number of nitrogens with one attached hydrogen (secondary N) is 1. The molecule has 0 radical (unpaired) electrons. The van der Waals surface area contributed by atoms with Crippen LogP contribution in [0.5, 0.6) is 0 Å². The van der Waals surface area contributed by atoms with Gasteiger partial charge in [0.15, 0.2) is 0 Å². The lowest BCUT2D eigenvalue weighted by Gasteiger charge is -2.11. The number of allylic oxidation sites excluding steroid dienone is 5. The maximum Gasteiger partial charge on any atom is -0.0267 e. The first-order valence-electron chi connectivity index (χ1n) is 4.60. The fourth-order valence-electron chi connectivity index (χ4n) is 1.62. The Bertz CT molecular complexity index is 426. The molecular weight excluding hydrogens is 172 g/mol. The summed E-state index contributed by atoms with van der Waals surface area (Å²) in [7, 11) is 0. The van der Waals surface area contributed by atoms with Crippen molar-refractivity contribution < 1.29 is 0 Å². The minimum absolute atomic E-state index is 0.941. The summed E-state index contributed by atoms with van der Waals surface area (Å²) < 4.78 is 0. The first-order valence-corrected chi connectivity index (χ1v) is 4.60. The van der Waals surface area contributed by atoms with Crippen LogP contribution in [0.1, 0.15) is 0 Å². The van der Waals surface area contributed by atoms with Crippen molar-refractivity contribution in [2.75, 3.05) is 5.32 Å². The van der Waals surface area contributed by atoms with Crippen LogP contribution in [0.25, 0.3) is 5.32 Å². The Morgan fingerprint density at radius 3 is 2.57 bits per heavy atom. The predicted octanol–water partition coefficient (Wildman–Crippen LogP) is 3.45. The van der Waals surface area contributed by atoms with Crippen molar-refractivity contribution in [2.24, 2.45) is 0 Å². The Balaban J connectivity index is 2.03. The van der Waals surface area contributed by atoms with Crippen LogP contribution in [0.2, 0.25) is 0 Å². The molecule has 1 aliphatic carbocycles. The monoisotopic (exact) mass is 181 g/mol. The first kappa shape index (κ1) is 7.44. The molecule has 0 unspecified atom stereocenters. The average Bonchev–Trinajstić information content (AvgIpc) is 2.86. The van der Waals surface area contributed by atoms with Gasteiger partial charge in [-0.15, -0.1) is 0 Å². The van der Waals surface area contributed by atoms with E-state index >= 15 is 0 Å². The minimum atomic E-state index is 0.941. The van der Waals surface area contributed by atoms with Crippen LogP contribution in [-0.4, -0.2) is 0 Å². The zero-order valence-electron chi connectivity index (χ0n) is 7.57. The quantitative estimate of drug-likeness (QED) is 0.651. The van der Waals surface area contributed by atoms with E-state index in [-0.39, 0.29) is 0 Å². The molecule has 0 fully saturated rings. The van der Waals surface area contributed by atoms with Gasteiger partial charge in [-0.1, -0.05) is 54.4 Å². The maximum atomic E-state index is 4.50. The zero-order valence-corrected chi connectivity index (χ0v) is 7.57. The summed E-state index contributed by atoms with van der Waals surface area (Å²) in [5.74, 6) is 0.941. The molecule has 1 aliphatic heterocycles. The number of fused-ring (bicyclic) bond motifs is 1. The fraction of sp³-hybridized carbons (Fsp3) is 0. The minimum Gasteiger partial charge on any atom is -0.456 e. The Labute approximate surface area is 82.6 Å². The second kappa shape index (κ2) is 2.77. The first-order chi connectivity index (χ1) is 6.93. The van der Waals surface area contributed by atoms with Crippen LogP contribution in [0, 0.1) is 0 Å². The van der Waals surface area contributed by atoms with Gasteiger partial charge in [0, 0.05) is 0 Å². The highest BCUT2D eigenvalue weighted by Crippen LogP contribution is 2.41. The molecule has 2 aliphatic rings. The summed E-state index contributed by atoms with van der Waals surface area (Å²) in [6, 6.07) is 8.06. The topological polar surface area (TPSA) is 26.1 Å². The molecule has 2 heteroatoms. The summed E-state index contributed by atoms with van der Waals surface area (Å²) in [4.78, 5) is 0. The Kier molecular flexibility index (Phi) is 1.47. The van der Waals surface area contributed by atoms with Crippen LogP contribution in [0.3, 0.4) is 0 Å². The lowest BCUT2D eigenvalue weighted by molar-refractivity contribution is 1.48. The number of para-hydroxylation sites is 2. The van der Waals surface area contributed by atoms with Crippen molar-refractivity contribution in [3.05, 3.63) is 65.3 Å². The van der Waals surface area contributed by atoms with Gasteiger partial charge in [0.1, 0.15) is 0 Å². The lowest BCUT2D eigenvalue weighted by atomic mass is 10.3. The number of rotatable bonds is 0. The summed E-state index contributed by atoms with van der Waals surface area (Å²) in [5, 5.41) is 7.79. The second-order valence-corrected chi connectivity index (χ2v) is 3.28.